The molecule has 2 atom stereocenters. The molecule has 0 spiro atoms. The number of carboxylic acids is 1. The van der Waals surface area contributed by atoms with Gasteiger partial charge in [-0.1, -0.05) is 12.5 Å². The number of aliphatic carboxylic acids is 1. The Balaban J connectivity index is 2.19. The van der Waals surface area contributed by atoms with Crippen molar-refractivity contribution in [3.8, 4) is 12.1 Å². The van der Waals surface area contributed by atoms with E-state index in [1.165, 1.54) is 0 Å². The molecule has 4 nitrogen and oxygen atoms in total. The van der Waals surface area contributed by atoms with E-state index in [9.17, 15) is 20.4 Å². The maximum Gasteiger partial charge on any atom is 0.331 e. The first-order valence-corrected chi connectivity index (χ1v) is 7.87. The Bertz CT molecular complexity index is 646. The fraction of sp³-hybridized carbons (Fsp3) is 0.722. The van der Waals surface area contributed by atoms with Gasteiger partial charge >= 0.3 is 5.97 Å². The summed E-state index contributed by atoms with van der Waals surface area (Å²) in [5.41, 5.74) is 0.0206. The van der Waals surface area contributed by atoms with E-state index in [0.29, 0.717) is 24.8 Å². The van der Waals surface area contributed by atoms with E-state index in [4.69, 9.17) is 0 Å². The summed E-state index contributed by atoms with van der Waals surface area (Å²) >= 11 is 0. The summed E-state index contributed by atoms with van der Waals surface area (Å²) in [6, 6.07) is 5.04. The van der Waals surface area contributed by atoms with Crippen molar-refractivity contribution in [1.82, 2.24) is 0 Å². The fourth-order valence-corrected chi connectivity index (χ4v) is 6.34. The Labute approximate surface area is 131 Å². The lowest BCUT2D eigenvalue weighted by Crippen LogP contribution is -2.60. The van der Waals surface area contributed by atoms with E-state index < -0.39 is 16.8 Å². The number of rotatable bonds is 2. The number of nitriles is 2. The van der Waals surface area contributed by atoms with Crippen molar-refractivity contribution < 1.29 is 9.90 Å². The van der Waals surface area contributed by atoms with E-state index in [2.05, 4.69) is 19.1 Å². The van der Waals surface area contributed by atoms with Crippen molar-refractivity contribution in [2.45, 2.75) is 59.3 Å². The van der Waals surface area contributed by atoms with Crippen LogP contribution in [0.25, 0.3) is 0 Å². The topological polar surface area (TPSA) is 84.9 Å². The van der Waals surface area contributed by atoms with Gasteiger partial charge in [0.05, 0.1) is 23.0 Å². The van der Waals surface area contributed by atoms with E-state index in [1.54, 1.807) is 6.92 Å². The second-order valence-corrected chi connectivity index (χ2v) is 8.49. The Morgan fingerprint density at radius 1 is 0.955 bits per heavy atom. The molecule has 0 heterocycles. The lowest BCUT2D eigenvalue weighted by Gasteiger charge is -2.67. The van der Waals surface area contributed by atoms with Crippen molar-refractivity contribution in [3.05, 3.63) is 11.1 Å². The average molecular weight is 298 g/mol. The highest BCUT2D eigenvalue weighted by atomic mass is 16.4. The highest BCUT2D eigenvalue weighted by molar-refractivity contribution is 5.87. The van der Waals surface area contributed by atoms with Crippen molar-refractivity contribution in [2.24, 2.45) is 21.7 Å². The van der Waals surface area contributed by atoms with Gasteiger partial charge in [0.1, 0.15) is 0 Å². The zero-order valence-electron chi connectivity index (χ0n) is 13.5. The van der Waals surface area contributed by atoms with Crippen molar-refractivity contribution >= 4 is 5.97 Å². The highest BCUT2D eigenvalue weighted by Crippen LogP contribution is 2.75. The van der Waals surface area contributed by atoms with Crippen LogP contribution in [0.1, 0.15) is 59.3 Å². The SMILES string of the molecule is CC(C(=O)O)=C(C)C12CC3(C)CC(C#N)(CC(C#N)(C3)C1)C2. The van der Waals surface area contributed by atoms with Crippen LogP contribution in [0.2, 0.25) is 0 Å². The molecule has 0 amide bonds. The van der Waals surface area contributed by atoms with Crippen molar-refractivity contribution in [2.75, 3.05) is 0 Å². The van der Waals surface area contributed by atoms with Gasteiger partial charge in [-0.15, -0.1) is 0 Å². The fourth-order valence-electron chi connectivity index (χ4n) is 6.34. The summed E-state index contributed by atoms with van der Waals surface area (Å²) in [6.07, 6.45) is 4.69. The third kappa shape index (κ3) is 1.83. The summed E-state index contributed by atoms with van der Waals surface area (Å²) < 4.78 is 0. The second-order valence-electron chi connectivity index (χ2n) is 8.49. The van der Waals surface area contributed by atoms with E-state index in [1.807, 2.05) is 6.92 Å². The van der Waals surface area contributed by atoms with Gasteiger partial charge in [-0.3, -0.25) is 0 Å². The molecule has 0 aromatic heterocycles. The van der Waals surface area contributed by atoms with Crippen LogP contribution in [0.5, 0.6) is 0 Å². The predicted molar refractivity (Wildman–Crippen MR) is 80.3 cm³/mol. The Morgan fingerprint density at radius 3 is 1.86 bits per heavy atom. The maximum absolute atomic E-state index is 11.4. The molecule has 1 N–H and O–H groups in total. The zero-order valence-corrected chi connectivity index (χ0v) is 13.5. The first kappa shape index (κ1) is 15.1. The van der Waals surface area contributed by atoms with Crippen LogP contribution in [0, 0.1) is 44.3 Å². The number of allylic oxidation sites excluding steroid dienone is 1. The maximum atomic E-state index is 11.4. The van der Waals surface area contributed by atoms with E-state index in [-0.39, 0.29) is 10.8 Å². The average Bonchev–Trinajstić information content (AvgIpc) is 2.43. The quantitative estimate of drug-likeness (QED) is 0.786. The normalized spacial score (nSPS) is 46.6. The third-order valence-corrected chi connectivity index (χ3v) is 6.48. The molecule has 22 heavy (non-hydrogen) atoms. The number of hydrogen-bond acceptors (Lipinski definition) is 3. The van der Waals surface area contributed by atoms with Crippen LogP contribution in [0.4, 0.5) is 0 Å². The minimum Gasteiger partial charge on any atom is -0.478 e. The minimum atomic E-state index is -0.893. The van der Waals surface area contributed by atoms with Crippen LogP contribution in [-0.2, 0) is 4.79 Å². The molecule has 4 aliphatic carbocycles. The molecule has 4 saturated carbocycles. The van der Waals surface area contributed by atoms with Gasteiger partial charge in [0.2, 0.25) is 0 Å². The molecule has 0 aromatic carbocycles. The Hall–Kier alpha value is -1.81. The minimum absolute atomic E-state index is 0.0275. The number of carboxylic acid groups (broad SMARTS) is 1. The number of hydrogen-bond donors (Lipinski definition) is 1. The van der Waals surface area contributed by atoms with Crippen molar-refractivity contribution in [3.63, 3.8) is 0 Å². The molecule has 116 valence electrons. The Morgan fingerprint density at radius 2 is 1.45 bits per heavy atom. The molecule has 0 radical (unpaired) electrons. The molecule has 0 saturated heterocycles. The van der Waals surface area contributed by atoms with Gasteiger partial charge in [-0.25, -0.2) is 4.79 Å². The van der Waals surface area contributed by atoms with Crippen LogP contribution in [0.3, 0.4) is 0 Å². The molecular weight excluding hydrogens is 276 g/mol. The molecule has 4 fully saturated rings. The largest absolute Gasteiger partial charge is 0.478 e. The third-order valence-electron chi connectivity index (χ3n) is 6.48. The molecular formula is C18H22N2O2. The Kier molecular flexibility index (Phi) is 2.84. The lowest BCUT2D eigenvalue weighted by molar-refractivity contribution is -0.142. The predicted octanol–water partition coefficient (Wildman–Crippen LogP) is 3.80. The number of nitrogens with zero attached hydrogens (tertiary/aromatic N) is 2. The van der Waals surface area contributed by atoms with Crippen LogP contribution < -0.4 is 0 Å². The smallest absolute Gasteiger partial charge is 0.331 e. The molecule has 4 aliphatic rings. The molecule has 0 aliphatic heterocycles. The second kappa shape index (κ2) is 4.13. The summed E-state index contributed by atoms with van der Waals surface area (Å²) in [5.74, 6) is -0.893. The summed E-state index contributed by atoms with van der Waals surface area (Å²) in [5, 5.41) is 29.0. The first-order chi connectivity index (χ1) is 10.1. The lowest BCUT2D eigenvalue weighted by atomic mass is 9.35. The molecule has 4 heteroatoms. The van der Waals surface area contributed by atoms with Gasteiger partial charge in [0, 0.05) is 5.57 Å². The summed E-state index contributed by atoms with van der Waals surface area (Å²) in [4.78, 5) is 11.4. The van der Waals surface area contributed by atoms with Gasteiger partial charge in [-0.2, -0.15) is 10.5 Å². The van der Waals surface area contributed by atoms with Gasteiger partial charge < -0.3 is 5.11 Å². The highest BCUT2D eigenvalue weighted by Gasteiger charge is 2.68. The molecule has 2 unspecified atom stereocenters. The molecule has 4 bridgehead atoms. The van der Waals surface area contributed by atoms with Gasteiger partial charge in [-0.05, 0) is 63.2 Å². The van der Waals surface area contributed by atoms with E-state index >= 15 is 0 Å². The van der Waals surface area contributed by atoms with Crippen molar-refractivity contribution in [1.29, 1.82) is 10.5 Å². The van der Waals surface area contributed by atoms with Crippen LogP contribution >= 0.6 is 0 Å². The molecule has 0 aromatic rings. The van der Waals surface area contributed by atoms with Gasteiger partial charge in [0.25, 0.3) is 0 Å². The number of carbonyl (C=O) groups is 1. The van der Waals surface area contributed by atoms with E-state index in [0.717, 1.165) is 24.8 Å². The molecule has 4 rings (SSSR count). The first-order valence-electron chi connectivity index (χ1n) is 7.87. The van der Waals surface area contributed by atoms with Gasteiger partial charge in [0.15, 0.2) is 0 Å². The monoisotopic (exact) mass is 298 g/mol. The standard InChI is InChI=1S/C18H22N2O2/c1-12(14(21)22)13(2)18-6-15(3)4-16(8-18,10-19)7-17(5-15,9-18)11-20/h4-9H2,1-3H3,(H,21,22). The van der Waals surface area contributed by atoms with Crippen LogP contribution in [0.15, 0.2) is 11.1 Å². The summed E-state index contributed by atoms with van der Waals surface area (Å²) in [6.45, 7) is 5.73. The summed E-state index contributed by atoms with van der Waals surface area (Å²) in [7, 11) is 0. The zero-order chi connectivity index (χ0) is 16.4. The van der Waals surface area contributed by atoms with Crippen LogP contribution in [-0.4, -0.2) is 11.1 Å².